The SMILES string of the molecule is COc1cc(C(=O)O)ccc1OCC(=O)NC1CCOc2ccccc21. The Morgan fingerprint density at radius 3 is 2.81 bits per heavy atom. The number of fused-ring (bicyclic) bond motifs is 1. The van der Waals surface area contributed by atoms with E-state index in [-0.39, 0.29) is 29.9 Å². The summed E-state index contributed by atoms with van der Waals surface area (Å²) in [5.41, 5.74) is 1.02. The highest BCUT2D eigenvalue weighted by atomic mass is 16.5. The molecule has 0 radical (unpaired) electrons. The molecule has 1 aliphatic rings. The highest BCUT2D eigenvalue weighted by Gasteiger charge is 2.23. The van der Waals surface area contributed by atoms with E-state index in [4.69, 9.17) is 19.3 Å². The van der Waals surface area contributed by atoms with Gasteiger partial charge in [-0.2, -0.15) is 0 Å². The van der Waals surface area contributed by atoms with E-state index in [0.29, 0.717) is 18.8 Å². The summed E-state index contributed by atoms with van der Waals surface area (Å²) in [6.07, 6.45) is 0.680. The first kappa shape index (κ1) is 17.6. The molecule has 0 saturated carbocycles. The van der Waals surface area contributed by atoms with Gasteiger partial charge in [0, 0.05) is 12.0 Å². The molecule has 0 fully saturated rings. The number of carbonyl (C=O) groups is 2. The number of carbonyl (C=O) groups excluding carboxylic acids is 1. The van der Waals surface area contributed by atoms with Crippen molar-refractivity contribution in [2.75, 3.05) is 20.3 Å². The van der Waals surface area contributed by atoms with Crippen molar-refractivity contribution in [3.63, 3.8) is 0 Å². The Morgan fingerprint density at radius 2 is 2.04 bits per heavy atom. The summed E-state index contributed by atoms with van der Waals surface area (Å²) in [4.78, 5) is 23.3. The van der Waals surface area contributed by atoms with Crippen molar-refractivity contribution in [3.8, 4) is 17.2 Å². The van der Waals surface area contributed by atoms with Gasteiger partial charge in [-0.25, -0.2) is 4.79 Å². The molecule has 26 heavy (non-hydrogen) atoms. The smallest absolute Gasteiger partial charge is 0.335 e. The number of methoxy groups -OCH3 is 1. The molecule has 1 atom stereocenters. The third-order valence-electron chi connectivity index (χ3n) is 4.06. The van der Waals surface area contributed by atoms with Crippen LogP contribution in [0, 0.1) is 0 Å². The summed E-state index contributed by atoms with van der Waals surface area (Å²) >= 11 is 0. The van der Waals surface area contributed by atoms with Crippen LogP contribution in [0.25, 0.3) is 0 Å². The summed E-state index contributed by atoms with van der Waals surface area (Å²) in [6.45, 7) is 0.329. The van der Waals surface area contributed by atoms with Gasteiger partial charge in [0.05, 0.1) is 25.3 Å². The van der Waals surface area contributed by atoms with Crippen LogP contribution in [0.3, 0.4) is 0 Å². The van der Waals surface area contributed by atoms with E-state index >= 15 is 0 Å². The van der Waals surface area contributed by atoms with Crippen LogP contribution in [0.4, 0.5) is 0 Å². The first-order valence-electron chi connectivity index (χ1n) is 8.13. The molecule has 0 spiro atoms. The number of aromatic carboxylic acids is 1. The molecular formula is C19H19NO6. The maximum atomic E-state index is 12.3. The molecule has 136 valence electrons. The fraction of sp³-hybridized carbons (Fsp3) is 0.263. The molecule has 2 N–H and O–H groups in total. The van der Waals surface area contributed by atoms with Crippen LogP contribution in [0.2, 0.25) is 0 Å². The number of rotatable bonds is 6. The number of benzene rings is 2. The third-order valence-corrected chi connectivity index (χ3v) is 4.06. The van der Waals surface area contributed by atoms with E-state index in [1.807, 2.05) is 24.3 Å². The van der Waals surface area contributed by atoms with Gasteiger partial charge < -0.3 is 24.6 Å². The van der Waals surface area contributed by atoms with Gasteiger partial charge in [0.15, 0.2) is 18.1 Å². The van der Waals surface area contributed by atoms with Crippen LogP contribution in [0.5, 0.6) is 17.2 Å². The number of carboxylic acids is 1. The molecule has 7 heteroatoms. The quantitative estimate of drug-likeness (QED) is 0.825. The first-order valence-corrected chi connectivity index (χ1v) is 8.13. The lowest BCUT2D eigenvalue weighted by Crippen LogP contribution is -2.35. The largest absolute Gasteiger partial charge is 0.493 e. The predicted molar refractivity (Wildman–Crippen MR) is 92.9 cm³/mol. The summed E-state index contributed by atoms with van der Waals surface area (Å²) in [5.74, 6) is -0.00752. The zero-order valence-electron chi connectivity index (χ0n) is 14.2. The highest BCUT2D eigenvalue weighted by molar-refractivity contribution is 5.88. The maximum absolute atomic E-state index is 12.3. The Morgan fingerprint density at radius 1 is 1.23 bits per heavy atom. The molecule has 7 nitrogen and oxygen atoms in total. The van der Waals surface area contributed by atoms with Crippen LogP contribution in [0.1, 0.15) is 28.4 Å². The van der Waals surface area contributed by atoms with Crippen LogP contribution in [-0.2, 0) is 4.79 Å². The zero-order chi connectivity index (χ0) is 18.5. The van der Waals surface area contributed by atoms with Crippen LogP contribution in [-0.4, -0.2) is 37.3 Å². The van der Waals surface area contributed by atoms with Gasteiger partial charge in [-0.1, -0.05) is 18.2 Å². The molecule has 1 unspecified atom stereocenters. The van der Waals surface area contributed by atoms with E-state index in [2.05, 4.69) is 5.32 Å². The highest BCUT2D eigenvalue weighted by Crippen LogP contribution is 2.31. The van der Waals surface area contributed by atoms with E-state index < -0.39 is 5.97 Å². The number of nitrogens with one attached hydrogen (secondary N) is 1. The summed E-state index contributed by atoms with van der Waals surface area (Å²) in [7, 11) is 1.41. The standard InChI is InChI=1S/C19H19NO6/c1-24-17-10-12(19(22)23)6-7-16(17)26-11-18(21)20-14-8-9-25-15-5-3-2-4-13(14)15/h2-7,10,14H,8-9,11H2,1H3,(H,20,21)(H,22,23). The number of carboxylic acid groups (broad SMARTS) is 1. The van der Waals surface area contributed by atoms with Crippen molar-refractivity contribution in [2.45, 2.75) is 12.5 Å². The van der Waals surface area contributed by atoms with Gasteiger partial charge in [0.25, 0.3) is 5.91 Å². The molecule has 3 rings (SSSR count). The average molecular weight is 357 g/mol. The number of amides is 1. The third kappa shape index (κ3) is 3.88. The van der Waals surface area contributed by atoms with E-state index in [9.17, 15) is 9.59 Å². The zero-order valence-corrected chi connectivity index (χ0v) is 14.2. The number of ether oxygens (including phenoxy) is 3. The van der Waals surface area contributed by atoms with Crippen molar-refractivity contribution in [1.82, 2.24) is 5.32 Å². The predicted octanol–water partition coefficient (Wildman–Crippen LogP) is 2.41. The summed E-state index contributed by atoms with van der Waals surface area (Å²) in [6, 6.07) is 11.7. The van der Waals surface area contributed by atoms with Crippen molar-refractivity contribution in [1.29, 1.82) is 0 Å². The molecule has 1 heterocycles. The van der Waals surface area contributed by atoms with Crippen LogP contribution in [0.15, 0.2) is 42.5 Å². The second kappa shape index (κ2) is 7.77. The van der Waals surface area contributed by atoms with Crippen LogP contribution < -0.4 is 19.5 Å². The van der Waals surface area contributed by atoms with E-state index in [1.54, 1.807) is 0 Å². The molecule has 1 aliphatic heterocycles. The van der Waals surface area contributed by atoms with Gasteiger partial charge in [-0.05, 0) is 24.3 Å². The Hall–Kier alpha value is -3.22. The first-order chi connectivity index (χ1) is 12.6. The van der Waals surface area contributed by atoms with Crippen molar-refractivity contribution in [3.05, 3.63) is 53.6 Å². The number of para-hydroxylation sites is 1. The minimum atomic E-state index is -1.06. The number of hydrogen-bond acceptors (Lipinski definition) is 5. The second-order valence-corrected chi connectivity index (χ2v) is 5.75. The van der Waals surface area contributed by atoms with Gasteiger partial charge in [0.1, 0.15) is 5.75 Å². The Kier molecular flexibility index (Phi) is 5.26. The minimum Gasteiger partial charge on any atom is -0.493 e. The molecular weight excluding hydrogens is 338 g/mol. The van der Waals surface area contributed by atoms with Crippen molar-refractivity contribution >= 4 is 11.9 Å². The van der Waals surface area contributed by atoms with E-state index in [1.165, 1.54) is 25.3 Å². The van der Waals surface area contributed by atoms with Gasteiger partial charge >= 0.3 is 5.97 Å². The average Bonchev–Trinajstić information content (AvgIpc) is 2.66. The fourth-order valence-corrected chi connectivity index (χ4v) is 2.79. The van der Waals surface area contributed by atoms with Gasteiger partial charge in [0.2, 0.25) is 0 Å². The Labute approximate surface area is 150 Å². The Balaban J connectivity index is 1.62. The lowest BCUT2D eigenvalue weighted by atomic mass is 10.0. The van der Waals surface area contributed by atoms with Crippen molar-refractivity contribution < 1.29 is 28.9 Å². The molecule has 2 aromatic rings. The molecule has 0 aliphatic carbocycles. The summed E-state index contributed by atoms with van der Waals surface area (Å²) in [5, 5.41) is 11.9. The van der Waals surface area contributed by atoms with E-state index in [0.717, 1.165) is 11.3 Å². The fourth-order valence-electron chi connectivity index (χ4n) is 2.79. The van der Waals surface area contributed by atoms with Crippen molar-refractivity contribution in [2.24, 2.45) is 0 Å². The van der Waals surface area contributed by atoms with Gasteiger partial charge in [-0.15, -0.1) is 0 Å². The second-order valence-electron chi connectivity index (χ2n) is 5.75. The number of hydrogen-bond donors (Lipinski definition) is 2. The molecule has 2 aromatic carbocycles. The topological polar surface area (TPSA) is 94.1 Å². The van der Waals surface area contributed by atoms with Crippen LogP contribution >= 0.6 is 0 Å². The maximum Gasteiger partial charge on any atom is 0.335 e. The summed E-state index contributed by atoms with van der Waals surface area (Å²) < 4.78 is 16.2. The lowest BCUT2D eigenvalue weighted by molar-refractivity contribution is -0.124. The minimum absolute atomic E-state index is 0.0810. The monoisotopic (exact) mass is 357 g/mol. The Bertz CT molecular complexity index is 819. The molecule has 1 amide bonds. The lowest BCUT2D eigenvalue weighted by Gasteiger charge is -2.26. The molecule has 0 aromatic heterocycles. The molecule has 0 bridgehead atoms. The van der Waals surface area contributed by atoms with Gasteiger partial charge in [-0.3, -0.25) is 4.79 Å². The molecule has 0 saturated heterocycles. The normalized spacial score (nSPS) is 15.3.